The molecule has 6 rings (SSSR count). The zero-order valence-electron chi connectivity index (χ0n) is 29.7. The highest BCUT2D eigenvalue weighted by molar-refractivity contribution is 5.91. The van der Waals surface area contributed by atoms with Gasteiger partial charge in [-0.1, -0.05) is 98.8 Å². The molecule has 11 nitrogen and oxygen atoms in total. The second-order valence-corrected chi connectivity index (χ2v) is 12.6. The zero-order chi connectivity index (χ0) is 36.5. The van der Waals surface area contributed by atoms with Crippen LogP contribution < -0.4 is 19.5 Å². The first-order valence-corrected chi connectivity index (χ1v) is 17.2. The van der Waals surface area contributed by atoms with E-state index >= 15 is 0 Å². The maximum absolute atomic E-state index is 12.6. The van der Waals surface area contributed by atoms with Crippen molar-refractivity contribution in [3.05, 3.63) is 138 Å². The van der Waals surface area contributed by atoms with Crippen molar-refractivity contribution in [1.82, 2.24) is 19.5 Å². The van der Waals surface area contributed by atoms with Crippen molar-refractivity contribution in [1.29, 1.82) is 0 Å². The molecule has 11 heteroatoms. The van der Waals surface area contributed by atoms with Gasteiger partial charge in [-0.05, 0) is 52.9 Å². The third-order valence-electron chi connectivity index (χ3n) is 8.76. The van der Waals surface area contributed by atoms with Gasteiger partial charge >= 0.3 is 0 Å². The molecule has 0 fully saturated rings. The van der Waals surface area contributed by atoms with E-state index in [1.165, 1.54) is 0 Å². The number of amides is 1. The Hall–Kier alpha value is -5.78. The molecule has 0 aliphatic carbocycles. The Morgan fingerprint density at radius 1 is 0.808 bits per heavy atom. The SMILES string of the molecule is COc1ccc(C(OCC[C@H](O)Cn2cnc3c(OCc4ccccc4)nc(NC(=O)C(C)C)nc32)(c2ccccc2)c2ccc(OC)cc2)cc1. The molecule has 2 heterocycles. The first-order chi connectivity index (χ1) is 25.3. The van der Waals surface area contributed by atoms with Gasteiger partial charge < -0.3 is 28.6 Å². The van der Waals surface area contributed by atoms with E-state index in [9.17, 15) is 9.90 Å². The molecule has 0 aliphatic heterocycles. The molecule has 0 saturated heterocycles. The molecule has 2 aromatic heterocycles. The molecule has 0 radical (unpaired) electrons. The monoisotopic (exact) mass is 701 g/mol. The van der Waals surface area contributed by atoms with Gasteiger partial charge in [0.05, 0.1) is 39.8 Å². The first kappa shape index (κ1) is 36.0. The topological polar surface area (TPSA) is 130 Å². The molecule has 0 unspecified atom stereocenters. The quantitative estimate of drug-likeness (QED) is 0.105. The van der Waals surface area contributed by atoms with Crippen molar-refractivity contribution in [2.45, 2.75) is 45.1 Å². The molecule has 268 valence electrons. The van der Waals surface area contributed by atoms with Crippen molar-refractivity contribution < 1.29 is 28.8 Å². The Morgan fingerprint density at radius 2 is 1.38 bits per heavy atom. The smallest absolute Gasteiger partial charge is 0.247 e. The summed E-state index contributed by atoms with van der Waals surface area (Å²) in [6, 6.07) is 35.3. The number of ether oxygens (including phenoxy) is 4. The van der Waals surface area contributed by atoms with Crippen LogP contribution in [0.3, 0.4) is 0 Å². The summed E-state index contributed by atoms with van der Waals surface area (Å²) in [5.74, 6) is 1.28. The molecule has 0 spiro atoms. The van der Waals surface area contributed by atoms with Crippen LogP contribution in [0.1, 0.15) is 42.5 Å². The molecular weight excluding hydrogens is 658 g/mol. The van der Waals surface area contributed by atoms with E-state index in [0.717, 1.165) is 33.8 Å². The molecule has 6 aromatic rings. The largest absolute Gasteiger partial charge is 0.497 e. The summed E-state index contributed by atoms with van der Waals surface area (Å²) in [7, 11) is 3.27. The predicted molar refractivity (Wildman–Crippen MR) is 198 cm³/mol. The van der Waals surface area contributed by atoms with Gasteiger partial charge in [-0.15, -0.1) is 0 Å². The van der Waals surface area contributed by atoms with Gasteiger partial charge in [0, 0.05) is 5.92 Å². The number of fused-ring (bicyclic) bond motifs is 1. The van der Waals surface area contributed by atoms with Gasteiger partial charge in [-0.3, -0.25) is 10.1 Å². The number of imidazole rings is 1. The van der Waals surface area contributed by atoms with Crippen LogP contribution in [0.2, 0.25) is 0 Å². The third kappa shape index (κ3) is 8.06. The molecule has 4 aromatic carbocycles. The van der Waals surface area contributed by atoms with E-state index < -0.39 is 11.7 Å². The number of aromatic nitrogens is 4. The summed E-state index contributed by atoms with van der Waals surface area (Å²) in [5.41, 5.74) is 3.51. The average Bonchev–Trinajstić information content (AvgIpc) is 3.58. The normalized spacial score (nSPS) is 12.1. The molecule has 1 amide bonds. The molecule has 1 atom stereocenters. The lowest BCUT2D eigenvalue weighted by Crippen LogP contribution is -2.34. The number of benzene rings is 4. The Labute approximate surface area is 303 Å². The fourth-order valence-corrected chi connectivity index (χ4v) is 5.93. The van der Waals surface area contributed by atoms with Crippen LogP contribution in [0.5, 0.6) is 17.4 Å². The number of anilines is 1. The second kappa shape index (κ2) is 16.5. The molecule has 0 aliphatic rings. The fraction of sp³-hybridized carbons (Fsp3) is 0.268. The molecule has 52 heavy (non-hydrogen) atoms. The summed E-state index contributed by atoms with van der Waals surface area (Å²) in [4.78, 5) is 26.2. The van der Waals surface area contributed by atoms with E-state index in [0.29, 0.717) is 17.6 Å². The van der Waals surface area contributed by atoms with Crippen LogP contribution in [-0.4, -0.2) is 57.5 Å². The second-order valence-electron chi connectivity index (χ2n) is 12.6. The number of aliphatic hydroxyl groups excluding tert-OH is 1. The van der Waals surface area contributed by atoms with E-state index in [-0.39, 0.29) is 43.4 Å². The standard InChI is InChI=1S/C41H43N5O6/c1-28(2)38(48)44-40-43-37-36(39(45-40)51-26-29-11-7-5-8-12-29)42-27-46(37)25-33(47)23-24-52-41(30-13-9-6-10-14-30,31-15-19-34(49-3)20-16-31)32-17-21-35(50-4)22-18-32/h5-22,27-28,33,47H,23-26H2,1-4H3,(H,43,44,45,48)/t33-/m0/s1. The lowest BCUT2D eigenvalue weighted by molar-refractivity contribution is -0.118. The van der Waals surface area contributed by atoms with E-state index in [1.54, 1.807) is 39.0 Å². The molecule has 2 N–H and O–H groups in total. The van der Waals surface area contributed by atoms with Crippen LogP contribution in [0, 0.1) is 5.92 Å². The minimum Gasteiger partial charge on any atom is -0.497 e. The van der Waals surface area contributed by atoms with Gasteiger partial charge in [0.15, 0.2) is 11.2 Å². The Bertz CT molecular complexity index is 2000. The Kier molecular flexibility index (Phi) is 11.4. The number of hydrogen-bond acceptors (Lipinski definition) is 9. The number of rotatable bonds is 16. The number of aliphatic hydroxyl groups is 1. The van der Waals surface area contributed by atoms with Gasteiger partial charge in [0.25, 0.3) is 0 Å². The highest BCUT2D eigenvalue weighted by Gasteiger charge is 2.38. The number of nitrogens with one attached hydrogen (secondary N) is 1. The predicted octanol–water partition coefficient (Wildman–Crippen LogP) is 6.78. The van der Waals surface area contributed by atoms with E-state index in [2.05, 4.69) is 20.3 Å². The van der Waals surface area contributed by atoms with Gasteiger partial charge in [-0.25, -0.2) is 4.98 Å². The third-order valence-corrected chi connectivity index (χ3v) is 8.76. The minimum absolute atomic E-state index is 0.0977. The number of carbonyl (C=O) groups is 1. The summed E-state index contributed by atoms with van der Waals surface area (Å²) < 4.78 is 25.7. The van der Waals surface area contributed by atoms with Crippen LogP contribution >= 0.6 is 0 Å². The fourth-order valence-electron chi connectivity index (χ4n) is 5.93. The molecular formula is C41H43N5O6. The van der Waals surface area contributed by atoms with E-state index in [4.69, 9.17) is 18.9 Å². The zero-order valence-corrected chi connectivity index (χ0v) is 29.7. The number of methoxy groups -OCH3 is 2. The van der Waals surface area contributed by atoms with Crippen molar-refractivity contribution in [2.24, 2.45) is 5.92 Å². The summed E-state index contributed by atoms with van der Waals surface area (Å²) >= 11 is 0. The lowest BCUT2D eigenvalue weighted by Gasteiger charge is -2.36. The number of hydrogen-bond donors (Lipinski definition) is 2. The minimum atomic E-state index is -1.01. The highest BCUT2D eigenvalue weighted by atomic mass is 16.5. The van der Waals surface area contributed by atoms with Gasteiger partial charge in [-0.2, -0.15) is 9.97 Å². The first-order valence-electron chi connectivity index (χ1n) is 17.2. The molecule has 0 saturated carbocycles. The van der Waals surface area contributed by atoms with Crippen LogP contribution in [0.4, 0.5) is 5.95 Å². The highest BCUT2D eigenvalue weighted by Crippen LogP contribution is 2.42. The van der Waals surface area contributed by atoms with Crippen LogP contribution in [-0.2, 0) is 28.3 Å². The van der Waals surface area contributed by atoms with Gasteiger partial charge in [0.2, 0.25) is 17.7 Å². The van der Waals surface area contributed by atoms with Crippen molar-refractivity contribution in [2.75, 3.05) is 26.1 Å². The average molecular weight is 702 g/mol. The number of nitrogens with zero attached hydrogens (tertiary/aromatic N) is 4. The summed E-state index contributed by atoms with van der Waals surface area (Å²) in [6.07, 6.45) is 1.05. The van der Waals surface area contributed by atoms with Crippen LogP contribution in [0.15, 0.2) is 116 Å². The van der Waals surface area contributed by atoms with Crippen molar-refractivity contribution >= 4 is 23.0 Å². The summed E-state index contributed by atoms with van der Waals surface area (Å²) in [5, 5.41) is 14.2. The van der Waals surface area contributed by atoms with E-state index in [1.807, 2.05) is 109 Å². The van der Waals surface area contributed by atoms with Crippen LogP contribution in [0.25, 0.3) is 11.2 Å². The lowest BCUT2D eigenvalue weighted by atomic mass is 9.80. The Balaban J connectivity index is 1.27. The summed E-state index contributed by atoms with van der Waals surface area (Å²) in [6.45, 7) is 4.20. The maximum atomic E-state index is 12.6. The maximum Gasteiger partial charge on any atom is 0.247 e. The number of carbonyl (C=O) groups excluding carboxylic acids is 1. The Morgan fingerprint density at radius 3 is 1.96 bits per heavy atom. The van der Waals surface area contributed by atoms with Crippen molar-refractivity contribution in [3.63, 3.8) is 0 Å². The molecule has 0 bridgehead atoms. The van der Waals surface area contributed by atoms with Gasteiger partial charge in [0.1, 0.15) is 23.7 Å². The van der Waals surface area contributed by atoms with Crippen molar-refractivity contribution in [3.8, 4) is 17.4 Å².